The fourth-order valence-corrected chi connectivity index (χ4v) is 1.29. The molecule has 0 unspecified atom stereocenters. The maximum Gasteiger partial charge on any atom is 0.101 e. The number of anilines is 1. The summed E-state index contributed by atoms with van der Waals surface area (Å²) in [6.07, 6.45) is -0.474. The van der Waals surface area contributed by atoms with Crippen molar-refractivity contribution in [2.24, 2.45) is 0 Å². The summed E-state index contributed by atoms with van der Waals surface area (Å²) in [5, 5.41) is 21.3. The molecular weight excluding hydrogens is 200 g/mol. The highest BCUT2D eigenvalue weighted by molar-refractivity contribution is 6.33. The Hall–Kier alpha value is -1.24. The molecule has 0 bridgehead atoms. The van der Waals surface area contributed by atoms with Crippen molar-refractivity contribution in [3.8, 4) is 6.07 Å². The van der Waals surface area contributed by atoms with E-state index in [9.17, 15) is 0 Å². The van der Waals surface area contributed by atoms with Gasteiger partial charge in [0.05, 0.1) is 22.4 Å². The molecule has 0 aliphatic rings. The molecule has 1 aromatic carbocycles. The number of nitrogens with zero attached hydrogens (tertiary/aromatic N) is 1. The van der Waals surface area contributed by atoms with Crippen molar-refractivity contribution in [1.82, 2.24) is 0 Å². The minimum Gasteiger partial charge on any atom is -0.392 e. The highest BCUT2D eigenvalue weighted by Gasteiger charge is 2.06. The van der Waals surface area contributed by atoms with Crippen molar-refractivity contribution in [3.05, 3.63) is 28.8 Å². The van der Waals surface area contributed by atoms with E-state index < -0.39 is 6.10 Å². The van der Waals surface area contributed by atoms with E-state index >= 15 is 0 Å². The Morgan fingerprint density at radius 1 is 1.64 bits per heavy atom. The lowest BCUT2D eigenvalue weighted by molar-refractivity contribution is 0.208. The van der Waals surface area contributed by atoms with Crippen molar-refractivity contribution in [3.63, 3.8) is 0 Å². The quantitative estimate of drug-likeness (QED) is 0.803. The SMILES string of the molecule is C[C@@H](O)CNc1c(Cl)cccc1C#N. The molecule has 0 radical (unpaired) electrons. The van der Waals surface area contributed by atoms with Crippen LogP contribution in [0.5, 0.6) is 0 Å². The van der Waals surface area contributed by atoms with E-state index in [-0.39, 0.29) is 0 Å². The molecule has 3 nitrogen and oxygen atoms in total. The van der Waals surface area contributed by atoms with Gasteiger partial charge in [-0.25, -0.2) is 0 Å². The van der Waals surface area contributed by atoms with E-state index in [1.807, 2.05) is 6.07 Å². The van der Waals surface area contributed by atoms with Crippen LogP contribution in [0, 0.1) is 11.3 Å². The topological polar surface area (TPSA) is 56.0 Å². The molecular formula is C10H11ClN2O. The molecule has 1 rings (SSSR count). The molecule has 0 saturated heterocycles. The summed E-state index contributed by atoms with van der Waals surface area (Å²) in [5.74, 6) is 0. The van der Waals surface area contributed by atoms with E-state index in [0.717, 1.165) is 0 Å². The third kappa shape index (κ3) is 2.63. The Kier molecular flexibility index (Phi) is 3.75. The lowest BCUT2D eigenvalue weighted by atomic mass is 10.2. The molecule has 74 valence electrons. The zero-order chi connectivity index (χ0) is 10.6. The van der Waals surface area contributed by atoms with E-state index in [1.165, 1.54) is 0 Å². The Morgan fingerprint density at radius 2 is 2.36 bits per heavy atom. The van der Waals surface area contributed by atoms with Gasteiger partial charge >= 0.3 is 0 Å². The maximum atomic E-state index is 9.08. The number of nitrogens with one attached hydrogen (secondary N) is 1. The Labute approximate surface area is 87.9 Å². The Bertz CT molecular complexity index is 358. The van der Waals surface area contributed by atoms with E-state index in [4.69, 9.17) is 22.0 Å². The summed E-state index contributed by atoms with van der Waals surface area (Å²) >= 11 is 5.90. The summed E-state index contributed by atoms with van der Waals surface area (Å²) in [7, 11) is 0. The number of hydrogen-bond acceptors (Lipinski definition) is 3. The van der Waals surface area contributed by atoms with Crippen LogP contribution in [0.15, 0.2) is 18.2 Å². The molecule has 0 aliphatic heterocycles. The largest absolute Gasteiger partial charge is 0.392 e. The summed E-state index contributed by atoms with van der Waals surface area (Å²) in [6.45, 7) is 2.04. The van der Waals surface area contributed by atoms with Gasteiger partial charge in [0.15, 0.2) is 0 Å². The number of aliphatic hydroxyl groups is 1. The first kappa shape index (κ1) is 10.8. The monoisotopic (exact) mass is 210 g/mol. The minimum atomic E-state index is -0.474. The molecule has 0 fully saturated rings. The lowest BCUT2D eigenvalue weighted by Gasteiger charge is -2.11. The first-order valence-corrected chi connectivity index (χ1v) is 4.63. The van der Waals surface area contributed by atoms with Crippen molar-refractivity contribution in [2.75, 3.05) is 11.9 Å². The van der Waals surface area contributed by atoms with Gasteiger partial charge in [-0.2, -0.15) is 5.26 Å². The van der Waals surface area contributed by atoms with Gasteiger partial charge in [-0.15, -0.1) is 0 Å². The number of halogens is 1. The number of para-hydroxylation sites is 1. The third-order valence-corrected chi connectivity index (χ3v) is 2.02. The van der Waals surface area contributed by atoms with Gasteiger partial charge in [0.1, 0.15) is 6.07 Å². The van der Waals surface area contributed by atoms with Crippen LogP contribution in [-0.4, -0.2) is 17.8 Å². The van der Waals surface area contributed by atoms with Crippen molar-refractivity contribution in [1.29, 1.82) is 5.26 Å². The standard InChI is InChI=1S/C10H11ClN2O/c1-7(14)6-13-10-8(5-12)3-2-4-9(10)11/h2-4,7,13-14H,6H2,1H3/t7-/m1/s1. The first-order valence-electron chi connectivity index (χ1n) is 4.25. The van der Waals surface area contributed by atoms with E-state index in [0.29, 0.717) is 22.8 Å². The predicted molar refractivity (Wildman–Crippen MR) is 56.3 cm³/mol. The number of aliphatic hydroxyl groups excluding tert-OH is 1. The van der Waals surface area contributed by atoms with Crippen LogP contribution in [-0.2, 0) is 0 Å². The summed E-state index contributed by atoms with van der Waals surface area (Å²) in [6, 6.07) is 7.13. The predicted octanol–water partition coefficient (Wildman–Crippen LogP) is 2.00. The second-order valence-corrected chi connectivity index (χ2v) is 3.41. The molecule has 0 aromatic heterocycles. The van der Waals surface area contributed by atoms with Gasteiger partial charge in [-0.3, -0.25) is 0 Å². The number of benzene rings is 1. The molecule has 0 saturated carbocycles. The van der Waals surface area contributed by atoms with Gasteiger partial charge in [-0.1, -0.05) is 17.7 Å². The average Bonchev–Trinajstić information content (AvgIpc) is 2.15. The number of nitriles is 1. The smallest absolute Gasteiger partial charge is 0.101 e. The van der Waals surface area contributed by atoms with Crippen molar-refractivity contribution in [2.45, 2.75) is 13.0 Å². The molecule has 2 N–H and O–H groups in total. The first-order chi connectivity index (χ1) is 6.65. The minimum absolute atomic E-state index is 0.373. The molecule has 0 spiro atoms. The van der Waals surface area contributed by atoms with Crippen LogP contribution >= 0.6 is 11.6 Å². The molecule has 0 amide bonds. The maximum absolute atomic E-state index is 9.08. The second kappa shape index (κ2) is 4.85. The number of hydrogen-bond donors (Lipinski definition) is 2. The van der Waals surface area contributed by atoms with Crippen LogP contribution in [0.4, 0.5) is 5.69 Å². The zero-order valence-electron chi connectivity index (χ0n) is 7.79. The van der Waals surface area contributed by atoms with Crippen LogP contribution in [0.3, 0.4) is 0 Å². The molecule has 1 aromatic rings. The fraction of sp³-hybridized carbons (Fsp3) is 0.300. The normalized spacial score (nSPS) is 11.9. The Morgan fingerprint density at radius 3 is 2.93 bits per heavy atom. The van der Waals surface area contributed by atoms with Gasteiger partial charge in [0.25, 0.3) is 0 Å². The molecule has 14 heavy (non-hydrogen) atoms. The lowest BCUT2D eigenvalue weighted by Crippen LogP contribution is -2.16. The molecule has 4 heteroatoms. The van der Waals surface area contributed by atoms with Crippen LogP contribution < -0.4 is 5.32 Å². The second-order valence-electron chi connectivity index (χ2n) is 3.00. The molecule has 1 atom stereocenters. The van der Waals surface area contributed by atoms with Crippen LogP contribution in [0.2, 0.25) is 5.02 Å². The van der Waals surface area contributed by atoms with Gasteiger partial charge in [0, 0.05) is 6.54 Å². The van der Waals surface area contributed by atoms with Crippen molar-refractivity contribution < 1.29 is 5.11 Å². The summed E-state index contributed by atoms with van der Waals surface area (Å²) in [5.41, 5.74) is 1.07. The number of rotatable bonds is 3. The van der Waals surface area contributed by atoms with E-state index in [2.05, 4.69) is 5.32 Å². The van der Waals surface area contributed by atoms with Gasteiger partial charge < -0.3 is 10.4 Å². The molecule has 0 heterocycles. The van der Waals surface area contributed by atoms with E-state index in [1.54, 1.807) is 25.1 Å². The zero-order valence-corrected chi connectivity index (χ0v) is 8.54. The van der Waals surface area contributed by atoms with Gasteiger partial charge in [0.2, 0.25) is 0 Å². The van der Waals surface area contributed by atoms with Crippen LogP contribution in [0.25, 0.3) is 0 Å². The average molecular weight is 211 g/mol. The highest BCUT2D eigenvalue weighted by Crippen LogP contribution is 2.25. The summed E-state index contributed by atoms with van der Waals surface area (Å²) in [4.78, 5) is 0. The molecule has 0 aliphatic carbocycles. The third-order valence-electron chi connectivity index (χ3n) is 1.71. The summed E-state index contributed by atoms with van der Waals surface area (Å²) < 4.78 is 0. The highest BCUT2D eigenvalue weighted by atomic mass is 35.5. The Balaban J connectivity index is 2.89. The van der Waals surface area contributed by atoms with Gasteiger partial charge in [-0.05, 0) is 19.1 Å². The fourth-order valence-electron chi connectivity index (χ4n) is 1.05. The van der Waals surface area contributed by atoms with Crippen molar-refractivity contribution >= 4 is 17.3 Å². The van der Waals surface area contributed by atoms with Crippen LogP contribution in [0.1, 0.15) is 12.5 Å².